The summed E-state index contributed by atoms with van der Waals surface area (Å²) in [5, 5.41) is -2.99. The zero-order chi connectivity index (χ0) is 18.1. The Morgan fingerprint density at radius 1 is 1.09 bits per heavy atom. The quantitative estimate of drug-likeness (QED) is 0.536. The van der Waals surface area contributed by atoms with Gasteiger partial charge in [-0.25, -0.2) is 13.8 Å². The van der Waals surface area contributed by atoms with E-state index < -0.39 is 51.2 Å². The fourth-order valence-electron chi connectivity index (χ4n) is 2.06. The second kappa shape index (κ2) is 7.09. The number of aromatic nitrogens is 1. The smallest absolute Gasteiger partial charge is 0.276 e. The second-order valence-corrected chi connectivity index (χ2v) is 5.70. The zero-order valence-electron chi connectivity index (χ0n) is 11.8. The average molecular weight is 378 g/mol. The van der Waals surface area contributed by atoms with Gasteiger partial charge >= 0.3 is 6.18 Å². The summed E-state index contributed by atoms with van der Waals surface area (Å²) in [7, 11) is 0. The van der Waals surface area contributed by atoms with Crippen molar-refractivity contribution in [1.29, 1.82) is 0 Å². The van der Waals surface area contributed by atoms with Crippen LogP contribution in [0.3, 0.4) is 0 Å². The van der Waals surface area contributed by atoms with E-state index in [9.17, 15) is 31.5 Å². The maximum Gasteiger partial charge on any atom is 0.434 e. The number of rotatable bonds is 5. The Kier molecular flexibility index (Phi) is 6.09. The molecule has 0 saturated heterocycles. The molecule has 0 bridgehead atoms. The van der Waals surface area contributed by atoms with Crippen LogP contribution in [0.15, 0.2) is 0 Å². The molecule has 0 unspecified atom stereocenters. The van der Waals surface area contributed by atoms with Crippen molar-refractivity contribution in [3.63, 3.8) is 0 Å². The summed E-state index contributed by atoms with van der Waals surface area (Å²) in [6.45, 7) is 3.11. The van der Waals surface area contributed by atoms with Gasteiger partial charge < -0.3 is 0 Å². The number of pyridine rings is 1. The highest BCUT2D eigenvalue weighted by Gasteiger charge is 2.41. The SMILES string of the molecule is CC(C)Cc1c(C(=O)Cl)c(C(F)F)nc(C(F)(F)F)c1C(=O)Cl. The highest BCUT2D eigenvalue weighted by molar-refractivity contribution is 6.69. The first-order valence-electron chi connectivity index (χ1n) is 6.19. The van der Waals surface area contributed by atoms with Crippen LogP contribution in [0.25, 0.3) is 0 Å². The second-order valence-electron chi connectivity index (χ2n) is 5.02. The first kappa shape index (κ1) is 19.8. The molecule has 3 nitrogen and oxygen atoms in total. The van der Waals surface area contributed by atoms with E-state index in [1.807, 2.05) is 0 Å². The van der Waals surface area contributed by atoms with E-state index in [-0.39, 0.29) is 12.3 Å². The summed E-state index contributed by atoms with van der Waals surface area (Å²) in [4.78, 5) is 25.7. The van der Waals surface area contributed by atoms with Crippen LogP contribution in [0, 0.1) is 5.92 Å². The van der Waals surface area contributed by atoms with Crippen molar-refractivity contribution in [2.75, 3.05) is 0 Å². The van der Waals surface area contributed by atoms with Crippen LogP contribution in [0.1, 0.15) is 57.9 Å². The molecule has 0 aliphatic heterocycles. The number of hydrogen-bond donors (Lipinski definition) is 0. The van der Waals surface area contributed by atoms with E-state index in [1.54, 1.807) is 13.8 Å². The van der Waals surface area contributed by atoms with Gasteiger partial charge in [-0.2, -0.15) is 13.2 Å². The summed E-state index contributed by atoms with van der Waals surface area (Å²) < 4.78 is 65.3. The third-order valence-electron chi connectivity index (χ3n) is 2.81. The Labute approximate surface area is 137 Å². The molecule has 0 radical (unpaired) electrons. The van der Waals surface area contributed by atoms with E-state index in [4.69, 9.17) is 23.2 Å². The molecule has 1 aromatic heterocycles. The van der Waals surface area contributed by atoms with Crippen LogP contribution in [0.4, 0.5) is 22.0 Å². The fraction of sp³-hybridized carbons (Fsp3) is 0.462. The van der Waals surface area contributed by atoms with Crippen LogP contribution >= 0.6 is 23.2 Å². The van der Waals surface area contributed by atoms with E-state index in [0.717, 1.165) is 0 Å². The Morgan fingerprint density at radius 2 is 1.57 bits per heavy atom. The highest BCUT2D eigenvalue weighted by atomic mass is 35.5. The van der Waals surface area contributed by atoms with Gasteiger partial charge in [0.15, 0.2) is 5.69 Å². The van der Waals surface area contributed by atoms with Crippen molar-refractivity contribution in [3.8, 4) is 0 Å². The fourth-order valence-corrected chi connectivity index (χ4v) is 2.48. The molecule has 0 atom stereocenters. The van der Waals surface area contributed by atoms with Crippen molar-refractivity contribution in [1.82, 2.24) is 4.98 Å². The van der Waals surface area contributed by atoms with Gasteiger partial charge in [0.2, 0.25) is 0 Å². The van der Waals surface area contributed by atoms with Crippen molar-refractivity contribution in [2.45, 2.75) is 32.9 Å². The lowest BCUT2D eigenvalue weighted by molar-refractivity contribution is -0.141. The Morgan fingerprint density at radius 3 is 1.87 bits per heavy atom. The molecule has 0 amide bonds. The number of alkyl halides is 5. The van der Waals surface area contributed by atoms with E-state index in [0.29, 0.717) is 0 Å². The molecule has 1 aromatic rings. The third kappa shape index (κ3) is 4.38. The molecule has 0 aromatic carbocycles. The molecule has 0 spiro atoms. The largest absolute Gasteiger partial charge is 0.434 e. The lowest BCUT2D eigenvalue weighted by atomic mass is 9.92. The van der Waals surface area contributed by atoms with Crippen molar-refractivity contribution in [2.24, 2.45) is 5.92 Å². The summed E-state index contributed by atoms with van der Waals surface area (Å²) in [5.74, 6) is -0.367. The van der Waals surface area contributed by atoms with Gasteiger partial charge in [0.25, 0.3) is 16.9 Å². The highest BCUT2D eigenvalue weighted by Crippen LogP contribution is 2.38. The van der Waals surface area contributed by atoms with Gasteiger partial charge in [-0.3, -0.25) is 9.59 Å². The molecule has 0 aliphatic carbocycles. The number of hydrogen-bond acceptors (Lipinski definition) is 3. The van der Waals surface area contributed by atoms with E-state index >= 15 is 0 Å². The number of carbonyl (C=O) groups excluding carboxylic acids is 2. The molecule has 128 valence electrons. The maximum atomic E-state index is 13.1. The molecule has 0 N–H and O–H groups in total. The molecule has 1 heterocycles. The van der Waals surface area contributed by atoms with Crippen LogP contribution in [-0.4, -0.2) is 15.5 Å². The monoisotopic (exact) mass is 377 g/mol. The number of carbonyl (C=O) groups is 2. The van der Waals surface area contributed by atoms with Crippen molar-refractivity contribution < 1.29 is 31.5 Å². The third-order valence-corrected chi connectivity index (χ3v) is 3.19. The molecule has 10 heteroatoms. The molecule has 0 aliphatic rings. The van der Waals surface area contributed by atoms with E-state index in [1.165, 1.54) is 0 Å². The first-order valence-corrected chi connectivity index (χ1v) is 6.95. The van der Waals surface area contributed by atoms with Crippen LogP contribution < -0.4 is 0 Å². The molecule has 1 rings (SSSR count). The first-order chi connectivity index (χ1) is 10.4. The summed E-state index contributed by atoms with van der Waals surface area (Å²) in [6, 6.07) is 0. The lowest BCUT2D eigenvalue weighted by Gasteiger charge is -2.20. The summed E-state index contributed by atoms with van der Waals surface area (Å²) >= 11 is 10.4. The predicted octanol–water partition coefficient (Wildman–Crippen LogP) is 4.99. The van der Waals surface area contributed by atoms with Gasteiger partial charge in [-0.05, 0) is 41.1 Å². The molecule has 0 saturated carbocycles. The predicted molar refractivity (Wildman–Crippen MR) is 73.1 cm³/mol. The van der Waals surface area contributed by atoms with Gasteiger partial charge in [-0.1, -0.05) is 13.8 Å². The minimum absolute atomic E-state index is 0.285. The number of halogens is 7. The maximum absolute atomic E-state index is 13.1. The van der Waals surface area contributed by atoms with Gasteiger partial charge in [0.05, 0.1) is 11.1 Å². The normalized spacial score (nSPS) is 12.1. The zero-order valence-corrected chi connectivity index (χ0v) is 13.3. The Hall–Kier alpha value is -1.28. The van der Waals surface area contributed by atoms with Crippen LogP contribution in [0.2, 0.25) is 0 Å². The van der Waals surface area contributed by atoms with Crippen LogP contribution in [0.5, 0.6) is 0 Å². The molecular formula is C13H10Cl2F5NO2. The Balaban J connectivity index is 4.00. The standard InChI is InChI=1S/C13H10Cl2F5NO2/c1-4(2)3-5-6(10(14)22)8(12(16)17)21-9(13(18,19)20)7(5)11(15)23/h4,12H,3H2,1-2H3. The lowest BCUT2D eigenvalue weighted by Crippen LogP contribution is -2.22. The van der Waals surface area contributed by atoms with Gasteiger partial charge in [-0.15, -0.1) is 0 Å². The van der Waals surface area contributed by atoms with Gasteiger partial charge in [0.1, 0.15) is 5.69 Å². The minimum Gasteiger partial charge on any atom is -0.276 e. The minimum atomic E-state index is -5.21. The summed E-state index contributed by atoms with van der Waals surface area (Å²) in [5.41, 5.74) is -5.88. The van der Waals surface area contributed by atoms with Crippen molar-refractivity contribution in [3.05, 3.63) is 28.1 Å². The summed E-state index contributed by atoms with van der Waals surface area (Å²) in [6.07, 6.45) is -8.98. The topological polar surface area (TPSA) is 47.0 Å². The van der Waals surface area contributed by atoms with Crippen LogP contribution in [-0.2, 0) is 12.6 Å². The average Bonchev–Trinajstić information content (AvgIpc) is 2.34. The number of nitrogens with zero attached hydrogens (tertiary/aromatic N) is 1. The van der Waals surface area contributed by atoms with E-state index in [2.05, 4.69) is 4.98 Å². The van der Waals surface area contributed by atoms with Crippen molar-refractivity contribution >= 4 is 33.7 Å². The molecular weight excluding hydrogens is 368 g/mol. The molecule has 23 heavy (non-hydrogen) atoms. The molecule has 0 fully saturated rings. The van der Waals surface area contributed by atoms with Gasteiger partial charge in [0, 0.05) is 0 Å². The Bertz CT molecular complexity index is 644.